The Morgan fingerprint density at radius 3 is 2.52 bits per heavy atom. The van der Waals surface area contributed by atoms with Gasteiger partial charge in [0.2, 0.25) is 0 Å². The normalized spacial score (nSPS) is 10.5. The van der Waals surface area contributed by atoms with Gasteiger partial charge in [-0.05, 0) is 41.1 Å². The molecule has 3 aromatic carbocycles. The predicted octanol–water partition coefficient (Wildman–Crippen LogP) is 3.35. The third-order valence-corrected chi connectivity index (χ3v) is 3.17. The molecule has 0 heterocycles. The summed E-state index contributed by atoms with van der Waals surface area (Å²) in [5.74, 6) is -0.384. The van der Waals surface area contributed by atoms with E-state index < -0.39 is 5.97 Å². The Labute approximate surface area is 121 Å². The average Bonchev–Trinajstić information content (AvgIpc) is 2.49. The van der Waals surface area contributed by atoms with Crippen molar-refractivity contribution >= 4 is 22.4 Å². The second-order valence-corrected chi connectivity index (χ2v) is 4.68. The minimum atomic E-state index is -0.643. The van der Waals surface area contributed by atoms with Crippen molar-refractivity contribution in [2.75, 3.05) is 5.73 Å². The number of hydrogen-bond acceptors (Lipinski definition) is 4. The fourth-order valence-corrected chi connectivity index (χ4v) is 2.11. The summed E-state index contributed by atoms with van der Waals surface area (Å²) in [4.78, 5) is 12.1. The molecular formula is C17H13NO3. The quantitative estimate of drug-likeness (QED) is 0.326. The van der Waals surface area contributed by atoms with Crippen LogP contribution in [0.1, 0.15) is 10.4 Å². The van der Waals surface area contributed by atoms with E-state index in [4.69, 9.17) is 10.5 Å². The largest absolute Gasteiger partial charge is 0.507 e. The van der Waals surface area contributed by atoms with Crippen LogP contribution in [0.2, 0.25) is 0 Å². The van der Waals surface area contributed by atoms with Gasteiger partial charge in [0, 0.05) is 5.69 Å². The van der Waals surface area contributed by atoms with Gasteiger partial charge in [-0.2, -0.15) is 0 Å². The fourth-order valence-electron chi connectivity index (χ4n) is 2.11. The first-order chi connectivity index (χ1) is 10.1. The first-order valence-corrected chi connectivity index (χ1v) is 6.43. The summed E-state index contributed by atoms with van der Waals surface area (Å²) in [5.41, 5.74) is 6.05. The number of ether oxygens (including phenoxy) is 1. The molecule has 0 fully saturated rings. The van der Waals surface area contributed by atoms with Gasteiger partial charge in [-0.1, -0.05) is 30.3 Å². The summed E-state index contributed by atoms with van der Waals surface area (Å²) >= 11 is 0. The number of esters is 1. The molecule has 4 nitrogen and oxygen atoms in total. The van der Waals surface area contributed by atoms with Crippen molar-refractivity contribution in [1.82, 2.24) is 0 Å². The van der Waals surface area contributed by atoms with E-state index in [0.29, 0.717) is 11.4 Å². The van der Waals surface area contributed by atoms with Crippen LogP contribution in [0.15, 0.2) is 60.7 Å². The fraction of sp³-hybridized carbons (Fsp3) is 0. The highest BCUT2D eigenvalue weighted by Crippen LogP contribution is 2.24. The number of nitrogen functional groups attached to an aromatic ring is 1. The van der Waals surface area contributed by atoms with Gasteiger partial charge in [-0.3, -0.25) is 0 Å². The van der Waals surface area contributed by atoms with E-state index in [9.17, 15) is 9.90 Å². The molecule has 0 spiro atoms. The minimum absolute atomic E-state index is 0.0446. The van der Waals surface area contributed by atoms with Gasteiger partial charge in [0.1, 0.15) is 17.1 Å². The smallest absolute Gasteiger partial charge is 0.347 e. The first kappa shape index (κ1) is 13.0. The topological polar surface area (TPSA) is 72.5 Å². The summed E-state index contributed by atoms with van der Waals surface area (Å²) in [5, 5.41) is 11.7. The van der Waals surface area contributed by atoms with Gasteiger partial charge in [0.25, 0.3) is 0 Å². The Bertz CT molecular complexity index is 827. The Hall–Kier alpha value is -3.01. The zero-order valence-electron chi connectivity index (χ0n) is 11.1. The van der Waals surface area contributed by atoms with E-state index in [1.54, 1.807) is 12.1 Å². The molecule has 3 rings (SSSR count). The standard InChI is InChI=1S/C17H13NO3/c18-13-6-8-16(19)15(10-13)17(20)21-14-7-5-11-3-1-2-4-12(11)9-14/h1-10,19H,18H2. The second kappa shape index (κ2) is 5.17. The van der Waals surface area contributed by atoms with Gasteiger partial charge in [-0.15, -0.1) is 0 Å². The molecule has 0 aromatic heterocycles. The minimum Gasteiger partial charge on any atom is -0.507 e. The number of carbonyl (C=O) groups excluding carboxylic acids is 1. The van der Waals surface area contributed by atoms with Gasteiger partial charge >= 0.3 is 5.97 Å². The first-order valence-electron chi connectivity index (χ1n) is 6.43. The lowest BCUT2D eigenvalue weighted by molar-refractivity contribution is 0.0732. The number of fused-ring (bicyclic) bond motifs is 1. The predicted molar refractivity (Wildman–Crippen MR) is 81.4 cm³/mol. The van der Waals surface area contributed by atoms with E-state index in [1.165, 1.54) is 18.2 Å². The number of phenols is 1. The maximum Gasteiger partial charge on any atom is 0.347 e. The Kier molecular flexibility index (Phi) is 3.20. The number of aromatic hydroxyl groups is 1. The van der Waals surface area contributed by atoms with Crippen LogP contribution in [-0.4, -0.2) is 11.1 Å². The maximum atomic E-state index is 12.1. The van der Waals surface area contributed by atoms with Gasteiger partial charge in [0.15, 0.2) is 0 Å². The Morgan fingerprint density at radius 2 is 1.71 bits per heavy atom. The van der Waals surface area contributed by atoms with Crippen LogP contribution in [0.25, 0.3) is 10.8 Å². The van der Waals surface area contributed by atoms with Crippen LogP contribution in [0.4, 0.5) is 5.69 Å². The summed E-state index contributed by atoms with van der Waals surface area (Å²) in [7, 11) is 0. The monoisotopic (exact) mass is 279 g/mol. The van der Waals surface area contributed by atoms with Crippen molar-refractivity contribution in [2.24, 2.45) is 0 Å². The molecule has 0 amide bonds. The lowest BCUT2D eigenvalue weighted by Gasteiger charge is -2.07. The molecule has 0 aliphatic rings. The third-order valence-electron chi connectivity index (χ3n) is 3.17. The molecule has 0 saturated carbocycles. The summed E-state index contributed by atoms with van der Waals surface area (Å²) in [6.45, 7) is 0. The van der Waals surface area contributed by atoms with Gasteiger partial charge < -0.3 is 15.6 Å². The van der Waals surface area contributed by atoms with Crippen LogP contribution in [0, 0.1) is 0 Å². The molecule has 3 aromatic rings. The third kappa shape index (κ3) is 2.65. The molecule has 0 bridgehead atoms. The highest BCUT2D eigenvalue weighted by atomic mass is 16.5. The second-order valence-electron chi connectivity index (χ2n) is 4.68. The summed E-state index contributed by atoms with van der Waals surface area (Å²) in [6.07, 6.45) is 0. The van der Waals surface area contributed by atoms with E-state index in [-0.39, 0.29) is 11.3 Å². The molecule has 0 aliphatic heterocycles. The van der Waals surface area contributed by atoms with Crippen LogP contribution in [0.3, 0.4) is 0 Å². The average molecular weight is 279 g/mol. The van der Waals surface area contributed by atoms with Crippen LogP contribution in [-0.2, 0) is 0 Å². The van der Waals surface area contributed by atoms with Crippen molar-refractivity contribution < 1.29 is 14.6 Å². The molecule has 0 saturated heterocycles. The van der Waals surface area contributed by atoms with Gasteiger partial charge in [-0.25, -0.2) is 4.79 Å². The van der Waals surface area contributed by atoms with Crippen LogP contribution < -0.4 is 10.5 Å². The van der Waals surface area contributed by atoms with Crippen molar-refractivity contribution in [3.05, 3.63) is 66.2 Å². The maximum absolute atomic E-state index is 12.1. The molecule has 0 atom stereocenters. The van der Waals surface area contributed by atoms with E-state index in [0.717, 1.165) is 10.8 Å². The molecule has 104 valence electrons. The van der Waals surface area contributed by atoms with Crippen LogP contribution in [0.5, 0.6) is 11.5 Å². The Balaban J connectivity index is 1.90. The van der Waals surface area contributed by atoms with Crippen LogP contribution >= 0.6 is 0 Å². The number of rotatable bonds is 2. The van der Waals surface area contributed by atoms with E-state index in [2.05, 4.69) is 0 Å². The van der Waals surface area contributed by atoms with E-state index >= 15 is 0 Å². The number of phenolic OH excluding ortho intramolecular Hbond substituents is 1. The molecule has 4 heteroatoms. The number of hydrogen-bond donors (Lipinski definition) is 2. The highest BCUT2D eigenvalue weighted by Gasteiger charge is 2.14. The molecule has 21 heavy (non-hydrogen) atoms. The van der Waals surface area contributed by atoms with E-state index in [1.807, 2.05) is 30.3 Å². The van der Waals surface area contributed by atoms with Crippen molar-refractivity contribution in [3.63, 3.8) is 0 Å². The van der Waals surface area contributed by atoms with Crippen molar-refractivity contribution in [2.45, 2.75) is 0 Å². The number of anilines is 1. The summed E-state index contributed by atoms with van der Waals surface area (Å²) < 4.78 is 5.29. The molecule has 3 N–H and O–H groups in total. The highest BCUT2D eigenvalue weighted by molar-refractivity contribution is 5.95. The number of carbonyl (C=O) groups is 1. The molecule has 0 aliphatic carbocycles. The molecule has 0 radical (unpaired) electrons. The molecular weight excluding hydrogens is 266 g/mol. The summed E-state index contributed by atoms with van der Waals surface area (Å²) in [6, 6.07) is 17.4. The lowest BCUT2D eigenvalue weighted by Crippen LogP contribution is -2.09. The molecule has 0 unspecified atom stereocenters. The Morgan fingerprint density at radius 1 is 0.952 bits per heavy atom. The van der Waals surface area contributed by atoms with Gasteiger partial charge in [0.05, 0.1) is 0 Å². The zero-order valence-corrected chi connectivity index (χ0v) is 11.1. The van der Waals surface area contributed by atoms with Crippen molar-refractivity contribution in [1.29, 1.82) is 0 Å². The number of nitrogens with two attached hydrogens (primary N) is 1. The lowest BCUT2D eigenvalue weighted by atomic mass is 10.1. The SMILES string of the molecule is Nc1ccc(O)c(C(=O)Oc2ccc3ccccc3c2)c1. The van der Waals surface area contributed by atoms with Crippen molar-refractivity contribution in [3.8, 4) is 11.5 Å². The zero-order chi connectivity index (χ0) is 14.8. The number of benzene rings is 3.